The quantitative estimate of drug-likeness (QED) is 0.0826. The molecule has 3 heterocycles. The number of alkyl carbamates (subject to hydrolysis) is 1. The number of nitrogens with one attached hydrogen (secondary N) is 3. The van der Waals surface area contributed by atoms with Gasteiger partial charge < -0.3 is 39.8 Å². The average molecular weight is 968 g/mol. The number of aromatic hydroxyl groups is 1. The Kier molecular flexibility index (Phi) is 18.2. The molecule has 18 heteroatoms. The van der Waals surface area contributed by atoms with E-state index in [1.807, 2.05) is 64.0 Å². The molecule has 17 nitrogen and oxygen atoms in total. The molecule has 0 bridgehead atoms. The lowest BCUT2D eigenvalue weighted by atomic mass is 9.85. The maximum atomic E-state index is 14.4. The number of pyridine rings is 1. The second-order valence-electron chi connectivity index (χ2n) is 20.7. The molecule has 4 N–H and O–H groups in total. The maximum absolute atomic E-state index is 14.4. The van der Waals surface area contributed by atoms with Crippen molar-refractivity contribution >= 4 is 44.7 Å². The number of amides is 4. The first-order chi connectivity index (χ1) is 32.3. The van der Waals surface area contributed by atoms with E-state index >= 15 is 0 Å². The summed E-state index contributed by atoms with van der Waals surface area (Å²) in [6, 6.07) is 4.45. The van der Waals surface area contributed by atoms with E-state index in [0.29, 0.717) is 81.7 Å². The summed E-state index contributed by atoms with van der Waals surface area (Å²) in [4.78, 5) is 65.9. The van der Waals surface area contributed by atoms with Gasteiger partial charge in [-0.05, 0) is 115 Å². The SMILES string of the molecule is C=C[C@H](C)C(NC(=O)[C@@H]1CCCN1C(=O)[C@@H](NC(=O)OC1CCC[C@H]1CCCCCc1c(O)nc2ccccc2c1OCCN(C)C)C(C)(C)C)C(=O)NS(=O)(=O)C1(CCN2CCOCC2)CC1. The van der Waals surface area contributed by atoms with Crippen LogP contribution < -0.4 is 20.1 Å². The Morgan fingerprint density at radius 2 is 1.76 bits per heavy atom. The topological polar surface area (TPSA) is 209 Å². The summed E-state index contributed by atoms with van der Waals surface area (Å²) in [5, 5.41) is 17.4. The Labute approximate surface area is 403 Å². The predicted molar refractivity (Wildman–Crippen MR) is 261 cm³/mol. The van der Waals surface area contributed by atoms with Crippen LogP contribution in [0.1, 0.15) is 110 Å². The number of hydrogen-bond donors (Lipinski definition) is 4. The number of para-hydroxylation sites is 1. The highest BCUT2D eigenvalue weighted by atomic mass is 32.2. The van der Waals surface area contributed by atoms with Gasteiger partial charge in [-0.25, -0.2) is 18.2 Å². The van der Waals surface area contributed by atoms with Gasteiger partial charge in [-0.3, -0.25) is 24.0 Å². The van der Waals surface area contributed by atoms with Crippen molar-refractivity contribution in [3.05, 3.63) is 42.5 Å². The number of fused-ring (bicyclic) bond motifs is 1. The van der Waals surface area contributed by atoms with Gasteiger partial charge in [-0.1, -0.05) is 58.7 Å². The Bertz CT molecular complexity index is 2190. The molecule has 0 spiro atoms. The van der Waals surface area contributed by atoms with E-state index in [4.69, 9.17) is 14.2 Å². The monoisotopic (exact) mass is 968 g/mol. The van der Waals surface area contributed by atoms with Crippen LogP contribution in [0.15, 0.2) is 36.9 Å². The number of likely N-dealkylation sites (N-methyl/N-ethyl adjacent to an activating group) is 1. The fourth-order valence-corrected chi connectivity index (χ4v) is 11.4. The Balaban J connectivity index is 1.01. The molecule has 2 saturated heterocycles. The molecular formula is C50H77N7O10S. The van der Waals surface area contributed by atoms with E-state index in [1.165, 1.54) is 11.0 Å². The van der Waals surface area contributed by atoms with E-state index in [2.05, 4.69) is 31.8 Å². The number of nitrogens with zero attached hydrogens (tertiary/aromatic N) is 4. The van der Waals surface area contributed by atoms with Crippen LogP contribution in [-0.2, 0) is 40.3 Å². The molecule has 1 aromatic carbocycles. The second kappa shape index (κ2) is 23.4. The van der Waals surface area contributed by atoms with E-state index in [-0.39, 0.29) is 24.4 Å². The van der Waals surface area contributed by atoms with Crippen LogP contribution in [0.4, 0.5) is 4.79 Å². The van der Waals surface area contributed by atoms with Crippen LogP contribution >= 0.6 is 0 Å². The van der Waals surface area contributed by atoms with Crippen molar-refractivity contribution in [2.75, 3.05) is 66.6 Å². The summed E-state index contributed by atoms with van der Waals surface area (Å²) >= 11 is 0. The lowest BCUT2D eigenvalue weighted by Crippen LogP contribution is -2.60. The van der Waals surface area contributed by atoms with Crippen molar-refractivity contribution in [3.63, 3.8) is 0 Å². The van der Waals surface area contributed by atoms with Crippen molar-refractivity contribution in [1.82, 2.24) is 35.0 Å². The minimum atomic E-state index is -4.07. The number of carbonyl (C=O) groups is 4. The zero-order valence-electron chi connectivity index (χ0n) is 41.2. The molecule has 2 aliphatic carbocycles. The lowest BCUT2D eigenvalue weighted by molar-refractivity contribution is -0.142. The lowest BCUT2D eigenvalue weighted by Gasteiger charge is -2.36. The molecule has 4 amide bonds. The van der Waals surface area contributed by atoms with Gasteiger partial charge >= 0.3 is 6.09 Å². The first kappa shape index (κ1) is 52.8. The van der Waals surface area contributed by atoms with Crippen LogP contribution in [0.3, 0.4) is 0 Å². The molecule has 1 aromatic heterocycles. The predicted octanol–water partition coefficient (Wildman–Crippen LogP) is 5.29. The van der Waals surface area contributed by atoms with E-state index in [1.54, 1.807) is 6.92 Å². The normalized spacial score (nSPS) is 22.0. The third-order valence-corrected chi connectivity index (χ3v) is 16.6. The van der Waals surface area contributed by atoms with Gasteiger partial charge in [-0.15, -0.1) is 6.58 Å². The number of aromatic nitrogens is 1. The fourth-order valence-electron chi connectivity index (χ4n) is 9.81. The highest BCUT2D eigenvalue weighted by Gasteiger charge is 2.55. The number of unbranched alkanes of at least 4 members (excludes halogenated alkanes) is 2. The smallest absolute Gasteiger partial charge is 0.408 e. The van der Waals surface area contributed by atoms with Crippen LogP contribution in [0, 0.1) is 17.3 Å². The summed E-state index contributed by atoms with van der Waals surface area (Å²) in [6.07, 6.45) is 9.29. The maximum Gasteiger partial charge on any atom is 0.408 e. The standard InChI is InChI=1S/C50H77N7O10S/c1-8-34(2)41(46(60)54-68(63,64)50(23-24-50)25-27-56-29-31-65-32-30-56)52-45(59)39-21-15-26-57(39)47(61)43(49(3,4)5)53-48(62)67-40-22-14-17-35(40)16-10-9-11-19-37-42(66-33-28-55(6)7)36-18-12-13-20-38(36)51-44(37)58/h8,12-13,18,20,34-35,39-41,43H,1,9-11,14-17,19,21-33H2,2-7H3,(H,51,58)(H,52,59)(H,53,62)(H,54,60)/t34-,35+,39-,40?,41?,43+/m0/s1. The number of carbonyl (C=O) groups excluding carboxylic acids is 4. The summed E-state index contributed by atoms with van der Waals surface area (Å²) in [7, 11) is -0.0934. The Morgan fingerprint density at radius 1 is 1.03 bits per heavy atom. The van der Waals surface area contributed by atoms with Gasteiger partial charge in [0.15, 0.2) is 0 Å². The molecular weight excluding hydrogens is 891 g/mol. The summed E-state index contributed by atoms with van der Waals surface area (Å²) in [5.74, 6) is -1.66. The molecule has 2 unspecified atom stereocenters. The largest absolute Gasteiger partial charge is 0.493 e. The van der Waals surface area contributed by atoms with Crippen LogP contribution in [-0.4, -0.2) is 153 Å². The molecule has 68 heavy (non-hydrogen) atoms. The van der Waals surface area contributed by atoms with E-state index < -0.39 is 68.0 Å². The second-order valence-corrected chi connectivity index (χ2v) is 22.8. The molecule has 2 aromatic rings. The highest BCUT2D eigenvalue weighted by molar-refractivity contribution is 7.91. The van der Waals surface area contributed by atoms with Gasteiger partial charge in [0.2, 0.25) is 27.7 Å². The number of benzene rings is 1. The van der Waals surface area contributed by atoms with Gasteiger partial charge in [-0.2, -0.15) is 0 Å². The van der Waals surface area contributed by atoms with Gasteiger partial charge in [0.1, 0.15) is 36.6 Å². The van der Waals surface area contributed by atoms with Gasteiger partial charge in [0.05, 0.1) is 29.0 Å². The minimum absolute atomic E-state index is 0.00651. The minimum Gasteiger partial charge on any atom is -0.493 e. The number of rotatable bonds is 23. The average Bonchev–Trinajstić information content (AvgIpc) is 3.73. The van der Waals surface area contributed by atoms with Gasteiger partial charge in [0.25, 0.3) is 5.91 Å². The molecule has 2 aliphatic heterocycles. The van der Waals surface area contributed by atoms with Gasteiger partial charge in [0, 0.05) is 37.5 Å². The highest BCUT2D eigenvalue weighted by Crippen LogP contribution is 2.46. The molecule has 0 radical (unpaired) electrons. The van der Waals surface area contributed by atoms with Crippen LogP contribution in [0.25, 0.3) is 10.9 Å². The van der Waals surface area contributed by atoms with E-state index in [9.17, 15) is 32.7 Å². The molecule has 6 atom stereocenters. The molecule has 2 saturated carbocycles. The third kappa shape index (κ3) is 13.4. The molecule has 4 aliphatic rings. The molecule has 378 valence electrons. The van der Waals surface area contributed by atoms with Crippen LogP contribution in [0.2, 0.25) is 0 Å². The summed E-state index contributed by atoms with van der Waals surface area (Å²) in [6.45, 7) is 15.7. The number of likely N-dealkylation sites (tertiary alicyclic amines) is 1. The molecule has 6 rings (SSSR count). The zero-order chi connectivity index (χ0) is 49.2. The van der Waals surface area contributed by atoms with Crippen molar-refractivity contribution in [1.29, 1.82) is 0 Å². The van der Waals surface area contributed by atoms with Crippen molar-refractivity contribution in [3.8, 4) is 11.6 Å². The Hall–Kier alpha value is -4.52. The number of sulfonamides is 1. The summed E-state index contributed by atoms with van der Waals surface area (Å²) < 4.78 is 46.3. The number of morpholine rings is 1. The van der Waals surface area contributed by atoms with Crippen LogP contribution in [0.5, 0.6) is 11.6 Å². The first-order valence-electron chi connectivity index (χ1n) is 24.8. The fraction of sp³-hybridized carbons (Fsp3) is 0.700. The van der Waals surface area contributed by atoms with Crippen molar-refractivity contribution < 1.29 is 46.9 Å². The first-order valence-corrected chi connectivity index (χ1v) is 26.3. The third-order valence-electron chi connectivity index (χ3n) is 14.3. The summed E-state index contributed by atoms with van der Waals surface area (Å²) in [5.41, 5.74) is 0.645. The van der Waals surface area contributed by atoms with Crippen molar-refractivity contribution in [2.45, 2.75) is 140 Å². The molecule has 4 fully saturated rings. The zero-order valence-corrected chi connectivity index (χ0v) is 42.0. The van der Waals surface area contributed by atoms with E-state index in [0.717, 1.165) is 70.0 Å². The number of hydrogen-bond acceptors (Lipinski definition) is 13. The Morgan fingerprint density at radius 3 is 2.46 bits per heavy atom. The van der Waals surface area contributed by atoms with Crippen molar-refractivity contribution in [2.24, 2.45) is 17.3 Å². The number of ether oxygens (including phenoxy) is 3.